The molecule has 2 heterocycles. The molecule has 0 fully saturated rings. The predicted octanol–water partition coefficient (Wildman–Crippen LogP) is 0.557. The number of nitrogens with zero attached hydrogens (tertiary/aromatic N) is 3. The van der Waals surface area contributed by atoms with Gasteiger partial charge in [-0.25, -0.2) is 0 Å². The molecular weight excluding hydrogens is 192 g/mol. The molecule has 0 aliphatic carbocycles. The molecule has 0 aromatic carbocycles. The molecule has 2 rings (SSSR count). The summed E-state index contributed by atoms with van der Waals surface area (Å²) in [7, 11) is 0. The number of pyridine rings is 1. The van der Waals surface area contributed by atoms with E-state index in [1.807, 2.05) is 12.1 Å². The summed E-state index contributed by atoms with van der Waals surface area (Å²) in [4.78, 5) is 8.16. The fraction of sp³-hybridized carbons (Fsp3) is 0.300. The highest BCUT2D eigenvalue weighted by molar-refractivity contribution is 5.14. The van der Waals surface area contributed by atoms with Gasteiger partial charge in [-0.1, -0.05) is 5.16 Å². The molecule has 0 aliphatic heterocycles. The Hall–Kier alpha value is -1.75. The van der Waals surface area contributed by atoms with Crippen LogP contribution in [0.5, 0.6) is 0 Å². The average molecular weight is 204 g/mol. The molecule has 2 aromatic rings. The van der Waals surface area contributed by atoms with Crippen LogP contribution in [0.4, 0.5) is 0 Å². The molecule has 5 heteroatoms. The smallest absolute Gasteiger partial charge is 0.227 e. The lowest BCUT2D eigenvalue weighted by Gasteiger charge is -1.93. The van der Waals surface area contributed by atoms with Crippen molar-refractivity contribution in [1.29, 1.82) is 0 Å². The van der Waals surface area contributed by atoms with Crippen LogP contribution in [0.25, 0.3) is 0 Å². The minimum absolute atomic E-state index is 0.525. The maximum atomic E-state index is 5.39. The molecule has 0 spiro atoms. The Morgan fingerprint density at radius 3 is 2.80 bits per heavy atom. The third kappa shape index (κ3) is 2.60. The summed E-state index contributed by atoms with van der Waals surface area (Å²) in [5.41, 5.74) is 6.50. The van der Waals surface area contributed by atoms with Gasteiger partial charge in [-0.05, 0) is 17.7 Å². The van der Waals surface area contributed by atoms with Gasteiger partial charge in [0.15, 0.2) is 5.82 Å². The van der Waals surface area contributed by atoms with Gasteiger partial charge in [0.2, 0.25) is 5.89 Å². The van der Waals surface area contributed by atoms with E-state index in [4.69, 9.17) is 10.3 Å². The van der Waals surface area contributed by atoms with E-state index in [-0.39, 0.29) is 0 Å². The second kappa shape index (κ2) is 4.65. The molecule has 0 bridgehead atoms. The Morgan fingerprint density at radius 2 is 2.07 bits per heavy atom. The SMILES string of the molecule is NCCc1nc(Cc2ccncc2)no1. The third-order valence-electron chi connectivity index (χ3n) is 1.98. The highest BCUT2D eigenvalue weighted by Gasteiger charge is 2.05. The minimum atomic E-state index is 0.525. The molecule has 0 atom stereocenters. The third-order valence-corrected chi connectivity index (χ3v) is 1.98. The predicted molar refractivity (Wildman–Crippen MR) is 54.1 cm³/mol. The van der Waals surface area contributed by atoms with Crippen molar-refractivity contribution in [3.63, 3.8) is 0 Å². The molecule has 2 N–H and O–H groups in total. The number of hydrogen-bond donors (Lipinski definition) is 1. The molecule has 0 saturated heterocycles. The van der Waals surface area contributed by atoms with E-state index in [9.17, 15) is 0 Å². The van der Waals surface area contributed by atoms with Crippen LogP contribution in [0.2, 0.25) is 0 Å². The summed E-state index contributed by atoms with van der Waals surface area (Å²) in [5.74, 6) is 1.28. The Bertz CT molecular complexity index is 412. The first kappa shape index (κ1) is 9.79. The van der Waals surface area contributed by atoms with E-state index in [2.05, 4.69) is 15.1 Å². The van der Waals surface area contributed by atoms with E-state index in [0.717, 1.165) is 5.56 Å². The highest BCUT2D eigenvalue weighted by Crippen LogP contribution is 2.05. The van der Waals surface area contributed by atoms with Crippen LogP contribution >= 0.6 is 0 Å². The van der Waals surface area contributed by atoms with E-state index < -0.39 is 0 Å². The van der Waals surface area contributed by atoms with Crippen LogP contribution in [0.3, 0.4) is 0 Å². The van der Waals surface area contributed by atoms with Gasteiger partial charge >= 0.3 is 0 Å². The van der Waals surface area contributed by atoms with Gasteiger partial charge in [-0.3, -0.25) is 4.98 Å². The molecule has 2 aromatic heterocycles. The fourth-order valence-electron chi connectivity index (χ4n) is 1.27. The molecule has 5 nitrogen and oxygen atoms in total. The summed E-state index contributed by atoms with van der Waals surface area (Å²) >= 11 is 0. The van der Waals surface area contributed by atoms with Crippen molar-refractivity contribution in [3.05, 3.63) is 41.8 Å². The van der Waals surface area contributed by atoms with Crippen molar-refractivity contribution in [2.45, 2.75) is 12.8 Å². The van der Waals surface area contributed by atoms with Crippen molar-refractivity contribution >= 4 is 0 Å². The largest absolute Gasteiger partial charge is 0.339 e. The lowest BCUT2D eigenvalue weighted by molar-refractivity contribution is 0.375. The van der Waals surface area contributed by atoms with Gasteiger partial charge in [-0.15, -0.1) is 0 Å². The van der Waals surface area contributed by atoms with Crippen LogP contribution in [-0.4, -0.2) is 21.7 Å². The molecular formula is C10H12N4O. The number of aromatic nitrogens is 3. The number of rotatable bonds is 4. The van der Waals surface area contributed by atoms with Crippen LogP contribution < -0.4 is 5.73 Å². The second-order valence-corrected chi connectivity index (χ2v) is 3.18. The van der Waals surface area contributed by atoms with Crippen LogP contribution in [0, 0.1) is 0 Å². The Morgan fingerprint density at radius 1 is 1.27 bits per heavy atom. The van der Waals surface area contributed by atoms with E-state index in [1.165, 1.54) is 0 Å². The summed E-state index contributed by atoms with van der Waals surface area (Å²) in [5, 5.41) is 3.87. The molecule has 0 saturated carbocycles. The lowest BCUT2D eigenvalue weighted by Crippen LogP contribution is -2.02. The zero-order chi connectivity index (χ0) is 10.5. The van der Waals surface area contributed by atoms with Crippen molar-refractivity contribution in [2.24, 2.45) is 5.73 Å². The first-order valence-corrected chi connectivity index (χ1v) is 4.79. The standard InChI is InChI=1S/C10H12N4O/c11-4-1-10-13-9(14-15-10)7-8-2-5-12-6-3-8/h2-3,5-6H,1,4,7,11H2. The number of nitrogens with two attached hydrogens (primary N) is 1. The van der Waals surface area contributed by atoms with E-state index in [0.29, 0.717) is 31.1 Å². The number of hydrogen-bond acceptors (Lipinski definition) is 5. The topological polar surface area (TPSA) is 77.8 Å². The van der Waals surface area contributed by atoms with Gasteiger partial charge in [-0.2, -0.15) is 4.98 Å². The van der Waals surface area contributed by atoms with E-state index in [1.54, 1.807) is 12.4 Å². The Kier molecular flexibility index (Phi) is 3.04. The maximum Gasteiger partial charge on any atom is 0.227 e. The maximum absolute atomic E-state index is 5.39. The quantitative estimate of drug-likeness (QED) is 0.787. The monoisotopic (exact) mass is 204 g/mol. The Labute approximate surface area is 87.3 Å². The fourth-order valence-corrected chi connectivity index (χ4v) is 1.27. The zero-order valence-corrected chi connectivity index (χ0v) is 8.26. The van der Waals surface area contributed by atoms with Crippen molar-refractivity contribution in [1.82, 2.24) is 15.1 Å². The summed E-state index contributed by atoms with van der Waals surface area (Å²) in [6.45, 7) is 0.525. The highest BCUT2D eigenvalue weighted by atomic mass is 16.5. The molecule has 0 aliphatic rings. The van der Waals surface area contributed by atoms with Crippen molar-refractivity contribution in [3.8, 4) is 0 Å². The minimum Gasteiger partial charge on any atom is -0.339 e. The van der Waals surface area contributed by atoms with Crippen molar-refractivity contribution < 1.29 is 4.52 Å². The Balaban J connectivity index is 2.05. The van der Waals surface area contributed by atoms with Crippen LogP contribution in [0.1, 0.15) is 17.3 Å². The molecule has 78 valence electrons. The van der Waals surface area contributed by atoms with Gasteiger partial charge < -0.3 is 10.3 Å². The summed E-state index contributed by atoms with van der Waals surface area (Å²) in [6, 6.07) is 3.86. The second-order valence-electron chi connectivity index (χ2n) is 3.18. The van der Waals surface area contributed by atoms with Gasteiger partial charge in [0.05, 0.1) is 0 Å². The summed E-state index contributed by atoms with van der Waals surface area (Å²) in [6.07, 6.45) is 4.78. The normalized spacial score (nSPS) is 10.5. The zero-order valence-electron chi connectivity index (χ0n) is 8.26. The average Bonchev–Trinajstić information content (AvgIpc) is 2.68. The van der Waals surface area contributed by atoms with Gasteiger partial charge in [0, 0.05) is 31.8 Å². The van der Waals surface area contributed by atoms with Crippen molar-refractivity contribution in [2.75, 3.05) is 6.54 Å². The van der Waals surface area contributed by atoms with Gasteiger partial charge in [0.25, 0.3) is 0 Å². The first-order chi connectivity index (χ1) is 7.38. The first-order valence-electron chi connectivity index (χ1n) is 4.79. The molecule has 15 heavy (non-hydrogen) atoms. The van der Waals surface area contributed by atoms with Gasteiger partial charge in [0.1, 0.15) is 0 Å². The molecule has 0 unspecified atom stereocenters. The van der Waals surface area contributed by atoms with Crippen LogP contribution in [-0.2, 0) is 12.8 Å². The van der Waals surface area contributed by atoms with Crippen LogP contribution in [0.15, 0.2) is 29.0 Å². The lowest BCUT2D eigenvalue weighted by atomic mass is 10.2. The summed E-state index contributed by atoms with van der Waals surface area (Å²) < 4.78 is 5.02. The van der Waals surface area contributed by atoms with E-state index >= 15 is 0 Å². The molecule has 0 radical (unpaired) electrons. The molecule has 0 amide bonds.